The number of allylic oxidation sites excluding steroid dienone is 1. The summed E-state index contributed by atoms with van der Waals surface area (Å²) in [5.74, 6) is 1.11. The van der Waals surface area contributed by atoms with Crippen molar-refractivity contribution in [3.05, 3.63) is 69.7 Å². The number of nitriles is 1. The Hall–Kier alpha value is -2.62. The number of hydrogen-bond acceptors (Lipinski definition) is 5. The van der Waals surface area contributed by atoms with Crippen LogP contribution in [-0.2, 0) is 4.79 Å². The molecular formula is C22H20ClN3O2S. The Morgan fingerprint density at radius 1 is 1.24 bits per heavy atom. The Morgan fingerprint density at radius 3 is 2.76 bits per heavy atom. The lowest BCUT2D eigenvalue weighted by atomic mass is 9.86. The van der Waals surface area contributed by atoms with E-state index in [1.165, 1.54) is 11.8 Å². The highest BCUT2D eigenvalue weighted by Crippen LogP contribution is 2.45. The van der Waals surface area contributed by atoms with Crippen molar-refractivity contribution in [3.8, 4) is 11.8 Å². The van der Waals surface area contributed by atoms with Crippen LogP contribution in [0.4, 0.5) is 5.69 Å². The molecule has 2 aromatic carbocycles. The Bertz CT molecular complexity index is 1020. The highest BCUT2D eigenvalue weighted by Gasteiger charge is 2.39. The van der Waals surface area contributed by atoms with Crippen molar-refractivity contribution in [2.75, 3.05) is 24.1 Å². The van der Waals surface area contributed by atoms with Crippen LogP contribution in [0.3, 0.4) is 0 Å². The molecule has 1 amide bonds. The second-order valence-corrected chi connectivity index (χ2v) is 8.13. The fourth-order valence-electron chi connectivity index (χ4n) is 3.73. The van der Waals surface area contributed by atoms with Crippen LogP contribution in [0.15, 0.2) is 59.1 Å². The van der Waals surface area contributed by atoms with E-state index in [4.69, 9.17) is 16.3 Å². The average Bonchev–Trinajstić information content (AvgIpc) is 2.74. The quantitative estimate of drug-likeness (QED) is 0.693. The minimum Gasteiger partial charge on any atom is -0.492 e. The van der Waals surface area contributed by atoms with Crippen LogP contribution in [0.1, 0.15) is 24.8 Å². The number of carbonyl (C=O) groups excluding carboxylic acids is 1. The number of anilines is 1. The van der Waals surface area contributed by atoms with Gasteiger partial charge in [0.05, 0.1) is 41.5 Å². The number of fused-ring (bicyclic) bond motifs is 1. The number of nitrogens with zero attached hydrogens (tertiary/aromatic N) is 3. The summed E-state index contributed by atoms with van der Waals surface area (Å²) in [5.41, 5.74) is 2.39. The molecule has 2 aliphatic rings. The summed E-state index contributed by atoms with van der Waals surface area (Å²) in [4.78, 5) is 16.9. The largest absolute Gasteiger partial charge is 0.492 e. The molecule has 148 valence electrons. The van der Waals surface area contributed by atoms with Gasteiger partial charge in [-0.05, 0) is 30.7 Å². The third-order valence-electron chi connectivity index (χ3n) is 5.08. The molecule has 0 bridgehead atoms. The smallest absolute Gasteiger partial charge is 0.229 e. The topological polar surface area (TPSA) is 56.6 Å². The van der Waals surface area contributed by atoms with Crippen molar-refractivity contribution in [2.24, 2.45) is 0 Å². The Balaban J connectivity index is 1.68. The maximum absolute atomic E-state index is 13.0. The summed E-state index contributed by atoms with van der Waals surface area (Å²) in [6.45, 7) is 2.92. The summed E-state index contributed by atoms with van der Waals surface area (Å²) in [7, 11) is 0. The van der Waals surface area contributed by atoms with Crippen LogP contribution in [0.2, 0.25) is 5.02 Å². The minimum atomic E-state index is -0.304. The van der Waals surface area contributed by atoms with Crippen molar-refractivity contribution < 1.29 is 9.53 Å². The molecule has 0 unspecified atom stereocenters. The number of benzene rings is 2. The van der Waals surface area contributed by atoms with E-state index in [-0.39, 0.29) is 18.2 Å². The van der Waals surface area contributed by atoms with Crippen LogP contribution >= 0.6 is 23.4 Å². The van der Waals surface area contributed by atoms with E-state index in [1.807, 2.05) is 49.4 Å². The number of para-hydroxylation sites is 2. The van der Waals surface area contributed by atoms with Gasteiger partial charge in [-0.3, -0.25) is 9.69 Å². The van der Waals surface area contributed by atoms with E-state index in [0.29, 0.717) is 29.7 Å². The lowest BCUT2D eigenvalue weighted by Crippen LogP contribution is -2.47. The van der Waals surface area contributed by atoms with Gasteiger partial charge in [-0.1, -0.05) is 53.7 Å². The number of halogens is 1. The number of amides is 1. The van der Waals surface area contributed by atoms with Crippen LogP contribution in [0.25, 0.3) is 0 Å². The highest BCUT2D eigenvalue weighted by molar-refractivity contribution is 8.03. The van der Waals surface area contributed by atoms with Crippen LogP contribution in [0.5, 0.6) is 5.75 Å². The van der Waals surface area contributed by atoms with Crippen molar-refractivity contribution in [2.45, 2.75) is 19.3 Å². The number of carbonyl (C=O) groups is 1. The Morgan fingerprint density at radius 2 is 2.00 bits per heavy atom. The van der Waals surface area contributed by atoms with E-state index < -0.39 is 0 Å². The van der Waals surface area contributed by atoms with E-state index in [1.54, 1.807) is 11.0 Å². The second kappa shape index (κ2) is 8.40. The predicted octanol–water partition coefficient (Wildman–Crippen LogP) is 4.96. The van der Waals surface area contributed by atoms with Crippen molar-refractivity contribution in [1.82, 2.24) is 4.90 Å². The molecule has 5 nitrogen and oxygen atoms in total. The van der Waals surface area contributed by atoms with E-state index in [9.17, 15) is 10.1 Å². The first-order valence-corrected chi connectivity index (χ1v) is 10.8. The molecule has 0 aliphatic carbocycles. The van der Waals surface area contributed by atoms with Crippen LogP contribution < -0.4 is 9.64 Å². The molecule has 29 heavy (non-hydrogen) atoms. The van der Waals surface area contributed by atoms with Crippen molar-refractivity contribution in [1.29, 1.82) is 5.26 Å². The van der Waals surface area contributed by atoms with Crippen LogP contribution in [-0.4, -0.2) is 30.0 Å². The molecule has 2 aromatic rings. The fourth-order valence-corrected chi connectivity index (χ4v) is 5.16. The first-order chi connectivity index (χ1) is 14.1. The zero-order valence-corrected chi connectivity index (χ0v) is 17.5. The molecule has 1 saturated heterocycles. The Labute approximate surface area is 179 Å². The third kappa shape index (κ3) is 3.68. The maximum Gasteiger partial charge on any atom is 0.229 e. The molecule has 1 fully saturated rings. The number of hydrogen-bond donors (Lipinski definition) is 0. The van der Waals surface area contributed by atoms with E-state index in [0.717, 1.165) is 22.0 Å². The summed E-state index contributed by atoms with van der Waals surface area (Å²) in [6, 6.07) is 17.6. The average molecular weight is 426 g/mol. The molecule has 0 aromatic heterocycles. The fraction of sp³-hybridized carbons (Fsp3) is 0.273. The summed E-state index contributed by atoms with van der Waals surface area (Å²) in [6.07, 6.45) is 0.234. The highest BCUT2D eigenvalue weighted by atomic mass is 35.5. The third-order valence-corrected chi connectivity index (χ3v) is 6.58. The molecule has 7 heteroatoms. The minimum absolute atomic E-state index is 0.00462. The molecule has 0 spiro atoms. The van der Waals surface area contributed by atoms with E-state index in [2.05, 4.69) is 11.0 Å². The summed E-state index contributed by atoms with van der Waals surface area (Å²) < 4.78 is 5.75. The predicted molar refractivity (Wildman–Crippen MR) is 116 cm³/mol. The second-order valence-electron chi connectivity index (χ2n) is 6.79. The van der Waals surface area contributed by atoms with Crippen molar-refractivity contribution >= 4 is 35.0 Å². The lowest BCUT2D eigenvalue weighted by molar-refractivity contribution is -0.129. The van der Waals surface area contributed by atoms with Gasteiger partial charge in [0.25, 0.3) is 0 Å². The zero-order chi connectivity index (χ0) is 20.4. The molecule has 1 atom stereocenters. The zero-order valence-electron chi connectivity index (χ0n) is 16.0. The van der Waals surface area contributed by atoms with E-state index >= 15 is 0 Å². The first kappa shape index (κ1) is 19.7. The molecule has 4 rings (SSSR count). The number of rotatable bonds is 4. The molecule has 0 N–H and O–H groups in total. The van der Waals surface area contributed by atoms with Gasteiger partial charge in [0.2, 0.25) is 5.91 Å². The standard InChI is InChI=1S/C22H20ClN3O2S/c1-2-28-20-10-6-5-9-19(20)25-13-26-21(27)11-16(15-7-3-4-8-18(15)23)17(12-24)22(26)29-14-25/h3-10,16H,2,11,13-14H2,1H3/t16-/m1/s1. The van der Waals surface area contributed by atoms with Gasteiger partial charge in [0.15, 0.2) is 0 Å². The first-order valence-electron chi connectivity index (χ1n) is 9.42. The van der Waals surface area contributed by atoms with Gasteiger partial charge >= 0.3 is 0 Å². The van der Waals surface area contributed by atoms with Gasteiger partial charge in [0, 0.05) is 17.4 Å². The normalized spacial score (nSPS) is 19.1. The van der Waals surface area contributed by atoms with Gasteiger partial charge < -0.3 is 9.64 Å². The van der Waals surface area contributed by atoms with Gasteiger partial charge in [0.1, 0.15) is 5.75 Å². The summed E-state index contributed by atoms with van der Waals surface area (Å²) >= 11 is 7.87. The molecule has 0 saturated carbocycles. The lowest BCUT2D eigenvalue weighted by Gasteiger charge is -2.42. The van der Waals surface area contributed by atoms with Crippen LogP contribution in [0, 0.1) is 11.3 Å². The maximum atomic E-state index is 13.0. The van der Waals surface area contributed by atoms with Crippen molar-refractivity contribution in [3.63, 3.8) is 0 Å². The number of thioether (sulfide) groups is 1. The SMILES string of the molecule is CCOc1ccccc1N1CSC2=C(C#N)[C@@H](c3ccccc3Cl)CC(=O)N2C1. The molecule has 0 radical (unpaired) electrons. The number of ether oxygens (including phenoxy) is 1. The van der Waals surface area contributed by atoms with Gasteiger partial charge in [-0.2, -0.15) is 5.26 Å². The van der Waals surface area contributed by atoms with Gasteiger partial charge in [-0.25, -0.2) is 0 Å². The monoisotopic (exact) mass is 425 g/mol. The van der Waals surface area contributed by atoms with Gasteiger partial charge in [-0.15, -0.1) is 0 Å². The summed E-state index contributed by atoms with van der Waals surface area (Å²) in [5, 5.41) is 11.2. The Kier molecular flexibility index (Phi) is 5.70. The molecule has 2 heterocycles. The molecular weight excluding hydrogens is 406 g/mol. The molecule has 2 aliphatic heterocycles.